The number of carboxylic acids is 1. The highest BCUT2D eigenvalue weighted by atomic mass is 32.2. The van der Waals surface area contributed by atoms with Crippen LogP contribution in [0, 0.1) is 11.8 Å². The summed E-state index contributed by atoms with van der Waals surface area (Å²) in [5, 5.41) is 9.06. The van der Waals surface area contributed by atoms with Crippen molar-refractivity contribution in [1.82, 2.24) is 4.90 Å². The van der Waals surface area contributed by atoms with Crippen LogP contribution in [-0.2, 0) is 9.59 Å². The van der Waals surface area contributed by atoms with Crippen LogP contribution in [-0.4, -0.2) is 46.5 Å². The van der Waals surface area contributed by atoms with Crippen LogP contribution in [0.1, 0.15) is 19.3 Å². The van der Waals surface area contributed by atoms with Crippen molar-refractivity contribution in [2.45, 2.75) is 19.3 Å². The first-order valence-electron chi connectivity index (χ1n) is 5.79. The Bertz CT molecular complexity index is 289. The van der Waals surface area contributed by atoms with Crippen molar-refractivity contribution in [3.63, 3.8) is 0 Å². The largest absolute Gasteiger partial charge is 0.481 e. The number of thioether (sulfide) groups is 1. The second-order valence-corrected chi connectivity index (χ2v) is 5.64. The highest BCUT2D eigenvalue weighted by molar-refractivity contribution is 7.99. The Kier molecular flexibility index (Phi) is 3.74. The third-order valence-electron chi connectivity index (χ3n) is 3.47. The summed E-state index contributed by atoms with van der Waals surface area (Å²) >= 11 is 1.86. The van der Waals surface area contributed by atoms with E-state index in [2.05, 4.69) is 0 Å². The SMILES string of the molecule is O=C(O)C1CCCC1C(=O)N1CCSCC1. The Hall–Kier alpha value is -0.710. The van der Waals surface area contributed by atoms with E-state index in [-0.39, 0.29) is 11.8 Å². The van der Waals surface area contributed by atoms with Gasteiger partial charge in [-0.1, -0.05) is 6.42 Å². The van der Waals surface area contributed by atoms with Crippen molar-refractivity contribution in [3.05, 3.63) is 0 Å². The van der Waals surface area contributed by atoms with Gasteiger partial charge >= 0.3 is 5.97 Å². The Morgan fingerprint density at radius 1 is 1.12 bits per heavy atom. The second-order valence-electron chi connectivity index (χ2n) is 4.42. The lowest BCUT2D eigenvalue weighted by molar-refractivity contribution is -0.149. The van der Waals surface area contributed by atoms with E-state index in [1.807, 2.05) is 16.7 Å². The van der Waals surface area contributed by atoms with Gasteiger partial charge in [0.25, 0.3) is 0 Å². The molecule has 5 heteroatoms. The molecular formula is C11H17NO3S. The fourth-order valence-corrected chi connectivity index (χ4v) is 3.47. The molecule has 2 atom stereocenters. The van der Waals surface area contributed by atoms with Crippen LogP contribution in [0.15, 0.2) is 0 Å². The molecule has 0 aromatic carbocycles. The van der Waals surface area contributed by atoms with Gasteiger partial charge in [-0.15, -0.1) is 0 Å². The third-order valence-corrected chi connectivity index (χ3v) is 4.42. The fourth-order valence-electron chi connectivity index (χ4n) is 2.57. The molecule has 1 aliphatic carbocycles. The molecule has 0 bridgehead atoms. The maximum absolute atomic E-state index is 12.2. The summed E-state index contributed by atoms with van der Waals surface area (Å²) < 4.78 is 0. The van der Waals surface area contributed by atoms with E-state index in [1.54, 1.807) is 0 Å². The standard InChI is InChI=1S/C11H17NO3S/c13-10(12-4-6-16-7-5-12)8-2-1-3-9(8)11(14)15/h8-9H,1-7H2,(H,14,15). The van der Waals surface area contributed by atoms with Gasteiger partial charge in [-0.3, -0.25) is 9.59 Å². The van der Waals surface area contributed by atoms with E-state index in [0.29, 0.717) is 6.42 Å². The molecule has 0 aromatic rings. The highest BCUT2D eigenvalue weighted by Gasteiger charge is 2.39. The van der Waals surface area contributed by atoms with Gasteiger partial charge in [-0.05, 0) is 12.8 Å². The number of amides is 1. The van der Waals surface area contributed by atoms with Gasteiger partial charge in [0.2, 0.25) is 5.91 Å². The summed E-state index contributed by atoms with van der Waals surface area (Å²) in [4.78, 5) is 25.0. The molecular weight excluding hydrogens is 226 g/mol. The monoisotopic (exact) mass is 243 g/mol. The number of carboxylic acid groups (broad SMARTS) is 1. The maximum Gasteiger partial charge on any atom is 0.307 e. The molecule has 1 heterocycles. The van der Waals surface area contributed by atoms with Gasteiger partial charge in [0, 0.05) is 24.6 Å². The zero-order valence-corrected chi connectivity index (χ0v) is 10.0. The van der Waals surface area contributed by atoms with E-state index < -0.39 is 11.9 Å². The molecule has 0 aromatic heterocycles. The van der Waals surface area contributed by atoms with Crippen molar-refractivity contribution >= 4 is 23.6 Å². The number of carbonyl (C=O) groups excluding carboxylic acids is 1. The number of hydrogen-bond acceptors (Lipinski definition) is 3. The molecule has 2 rings (SSSR count). The molecule has 2 aliphatic rings. The van der Waals surface area contributed by atoms with Crippen molar-refractivity contribution in [1.29, 1.82) is 0 Å². The molecule has 1 saturated heterocycles. The van der Waals surface area contributed by atoms with Crippen molar-refractivity contribution < 1.29 is 14.7 Å². The lowest BCUT2D eigenvalue weighted by atomic mass is 9.95. The highest BCUT2D eigenvalue weighted by Crippen LogP contribution is 2.33. The van der Waals surface area contributed by atoms with Crippen LogP contribution in [0.5, 0.6) is 0 Å². The minimum Gasteiger partial charge on any atom is -0.481 e. The quantitative estimate of drug-likeness (QED) is 0.788. The molecule has 2 fully saturated rings. The Labute approximate surface area is 99.4 Å². The molecule has 1 amide bonds. The smallest absolute Gasteiger partial charge is 0.307 e. The molecule has 2 unspecified atom stereocenters. The van der Waals surface area contributed by atoms with Crippen LogP contribution < -0.4 is 0 Å². The molecule has 90 valence electrons. The zero-order chi connectivity index (χ0) is 11.5. The van der Waals surface area contributed by atoms with Crippen LogP contribution in [0.2, 0.25) is 0 Å². The van der Waals surface area contributed by atoms with E-state index in [9.17, 15) is 9.59 Å². The Morgan fingerprint density at radius 2 is 1.75 bits per heavy atom. The number of nitrogens with zero attached hydrogens (tertiary/aromatic N) is 1. The minimum absolute atomic E-state index is 0.0743. The van der Waals surface area contributed by atoms with E-state index in [1.165, 1.54) is 0 Å². The predicted octanol–water partition coefficient (Wildman–Crippen LogP) is 1.06. The zero-order valence-electron chi connectivity index (χ0n) is 9.22. The second kappa shape index (κ2) is 5.08. The van der Waals surface area contributed by atoms with Gasteiger partial charge in [-0.25, -0.2) is 0 Å². The van der Waals surface area contributed by atoms with Gasteiger partial charge in [-0.2, -0.15) is 11.8 Å². The van der Waals surface area contributed by atoms with Crippen LogP contribution in [0.4, 0.5) is 0 Å². The Balaban J connectivity index is 1.99. The molecule has 16 heavy (non-hydrogen) atoms. The summed E-state index contributed by atoms with van der Waals surface area (Å²) in [6.07, 6.45) is 2.28. The van der Waals surface area contributed by atoms with Gasteiger partial charge in [0.05, 0.1) is 11.8 Å². The summed E-state index contributed by atoms with van der Waals surface area (Å²) in [7, 11) is 0. The number of rotatable bonds is 2. The molecule has 4 nitrogen and oxygen atoms in total. The van der Waals surface area contributed by atoms with Gasteiger partial charge < -0.3 is 10.0 Å². The first-order valence-corrected chi connectivity index (χ1v) is 6.95. The van der Waals surface area contributed by atoms with Gasteiger partial charge in [0.15, 0.2) is 0 Å². The lowest BCUT2D eigenvalue weighted by Crippen LogP contribution is -2.43. The Morgan fingerprint density at radius 3 is 2.38 bits per heavy atom. The van der Waals surface area contributed by atoms with Crippen molar-refractivity contribution in [2.75, 3.05) is 24.6 Å². The summed E-state index contributed by atoms with van der Waals surface area (Å²) in [5.41, 5.74) is 0. The van der Waals surface area contributed by atoms with E-state index in [4.69, 9.17) is 5.11 Å². The van der Waals surface area contributed by atoms with Crippen LogP contribution >= 0.6 is 11.8 Å². The van der Waals surface area contributed by atoms with E-state index >= 15 is 0 Å². The summed E-state index contributed by atoms with van der Waals surface area (Å²) in [6.45, 7) is 1.57. The molecule has 1 N–H and O–H groups in total. The lowest BCUT2D eigenvalue weighted by Gasteiger charge is -2.30. The summed E-state index contributed by atoms with van der Waals surface area (Å²) in [5.74, 6) is 0.530. The number of carbonyl (C=O) groups is 2. The molecule has 0 radical (unpaired) electrons. The average Bonchev–Trinajstić information content (AvgIpc) is 2.78. The minimum atomic E-state index is -0.803. The van der Waals surface area contributed by atoms with Crippen molar-refractivity contribution in [3.8, 4) is 0 Å². The fraction of sp³-hybridized carbons (Fsp3) is 0.818. The van der Waals surface area contributed by atoms with Crippen LogP contribution in [0.25, 0.3) is 0 Å². The summed E-state index contributed by atoms with van der Waals surface area (Å²) in [6, 6.07) is 0. The van der Waals surface area contributed by atoms with Crippen molar-refractivity contribution in [2.24, 2.45) is 11.8 Å². The number of aliphatic carboxylic acids is 1. The number of hydrogen-bond donors (Lipinski definition) is 1. The first-order chi connectivity index (χ1) is 7.70. The molecule has 0 spiro atoms. The third kappa shape index (κ3) is 2.34. The predicted molar refractivity (Wildman–Crippen MR) is 62.4 cm³/mol. The molecule has 1 saturated carbocycles. The van der Waals surface area contributed by atoms with Crippen LogP contribution in [0.3, 0.4) is 0 Å². The topological polar surface area (TPSA) is 57.6 Å². The average molecular weight is 243 g/mol. The normalized spacial score (nSPS) is 30.4. The molecule has 1 aliphatic heterocycles. The first kappa shape index (κ1) is 11.8. The maximum atomic E-state index is 12.2. The van der Waals surface area contributed by atoms with E-state index in [0.717, 1.165) is 37.4 Å². The van der Waals surface area contributed by atoms with Gasteiger partial charge in [0.1, 0.15) is 0 Å².